The van der Waals surface area contributed by atoms with Crippen molar-refractivity contribution in [2.45, 2.75) is 58.5 Å². The number of likely N-dealkylation sites (tertiary alicyclic amines) is 1. The first-order valence-corrected chi connectivity index (χ1v) is 9.73. The van der Waals surface area contributed by atoms with Crippen molar-refractivity contribution in [3.8, 4) is 0 Å². The maximum absolute atomic E-state index is 13.1. The van der Waals surface area contributed by atoms with E-state index in [1.54, 1.807) is 0 Å². The minimum absolute atomic E-state index is 0.0564. The van der Waals surface area contributed by atoms with Gasteiger partial charge in [-0.25, -0.2) is 0 Å². The van der Waals surface area contributed by atoms with Crippen LogP contribution in [0.5, 0.6) is 0 Å². The molecule has 1 saturated heterocycles. The van der Waals surface area contributed by atoms with Gasteiger partial charge in [0.15, 0.2) is 0 Å². The quantitative estimate of drug-likeness (QED) is 0.794. The van der Waals surface area contributed by atoms with Gasteiger partial charge >= 0.3 is 0 Å². The van der Waals surface area contributed by atoms with E-state index < -0.39 is 0 Å². The molecule has 0 spiro atoms. The largest absolute Gasteiger partial charge is 0.342 e. The molecule has 2 amide bonds. The van der Waals surface area contributed by atoms with Crippen molar-refractivity contribution in [2.24, 2.45) is 11.8 Å². The van der Waals surface area contributed by atoms with Crippen molar-refractivity contribution in [1.29, 1.82) is 0 Å². The van der Waals surface area contributed by atoms with Crippen LogP contribution in [-0.2, 0) is 16.1 Å². The molecule has 1 saturated carbocycles. The Balaban J connectivity index is 1.61. The summed E-state index contributed by atoms with van der Waals surface area (Å²) in [4.78, 5) is 29.4. The molecule has 25 heavy (non-hydrogen) atoms. The number of hydrogen-bond acceptors (Lipinski definition) is 2. The molecule has 3 rings (SSSR count). The lowest BCUT2D eigenvalue weighted by Crippen LogP contribution is -2.46. The number of piperidine rings is 1. The minimum Gasteiger partial charge on any atom is -0.342 e. The summed E-state index contributed by atoms with van der Waals surface area (Å²) >= 11 is 0. The van der Waals surface area contributed by atoms with E-state index in [0.717, 1.165) is 45.2 Å². The molecule has 1 aliphatic heterocycles. The Hall–Kier alpha value is -1.84. The van der Waals surface area contributed by atoms with E-state index in [-0.39, 0.29) is 23.8 Å². The maximum atomic E-state index is 13.1. The summed E-state index contributed by atoms with van der Waals surface area (Å²) in [5.41, 5.74) is 1.18. The van der Waals surface area contributed by atoms with E-state index in [9.17, 15) is 9.59 Å². The first-order valence-electron chi connectivity index (χ1n) is 9.73. The van der Waals surface area contributed by atoms with Crippen LogP contribution in [0.2, 0.25) is 0 Å². The molecule has 1 heterocycles. The van der Waals surface area contributed by atoms with Gasteiger partial charge in [0.05, 0.1) is 0 Å². The van der Waals surface area contributed by atoms with Crippen molar-refractivity contribution < 1.29 is 9.59 Å². The van der Waals surface area contributed by atoms with Gasteiger partial charge in [0, 0.05) is 37.5 Å². The molecule has 2 fully saturated rings. The molecule has 1 aromatic carbocycles. The minimum atomic E-state index is 0.0564. The van der Waals surface area contributed by atoms with E-state index in [2.05, 4.69) is 26.0 Å². The standard InChI is InChI=1S/C21H30N2O2/c1-3-16(2)23(15-17-7-5-4-6-8-17)21(25)19-11-13-22(14-12-19)20(24)18-9-10-18/h4-8,16,18-19H,3,9-15H2,1-2H3/t16-/m0/s1. The van der Waals surface area contributed by atoms with E-state index in [1.165, 1.54) is 5.56 Å². The highest BCUT2D eigenvalue weighted by molar-refractivity contribution is 5.82. The summed E-state index contributed by atoms with van der Waals surface area (Å²) in [7, 11) is 0. The molecule has 0 bridgehead atoms. The Morgan fingerprint density at radius 2 is 1.72 bits per heavy atom. The van der Waals surface area contributed by atoms with Crippen molar-refractivity contribution in [1.82, 2.24) is 9.80 Å². The van der Waals surface area contributed by atoms with Crippen LogP contribution in [0.4, 0.5) is 0 Å². The zero-order valence-electron chi connectivity index (χ0n) is 15.5. The predicted octanol–water partition coefficient (Wildman–Crippen LogP) is 3.46. The highest BCUT2D eigenvalue weighted by atomic mass is 16.2. The molecule has 0 radical (unpaired) electrons. The topological polar surface area (TPSA) is 40.6 Å². The Kier molecular flexibility index (Phi) is 5.77. The smallest absolute Gasteiger partial charge is 0.226 e. The lowest BCUT2D eigenvalue weighted by Gasteiger charge is -2.36. The second-order valence-electron chi connectivity index (χ2n) is 7.58. The normalized spacial score (nSPS) is 19.5. The van der Waals surface area contributed by atoms with Gasteiger partial charge in [-0.15, -0.1) is 0 Å². The second-order valence-corrected chi connectivity index (χ2v) is 7.58. The number of carbonyl (C=O) groups is 2. The van der Waals surface area contributed by atoms with Gasteiger partial charge < -0.3 is 9.80 Å². The van der Waals surface area contributed by atoms with Gasteiger partial charge in [-0.05, 0) is 44.6 Å². The van der Waals surface area contributed by atoms with Crippen LogP contribution >= 0.6 is 0 Å². The van der Waals surface area contributed by atoms with Crippen LogP contribution in [-0.4, -0.2) is 40.7 Å². The number of amides is 2. The number of carbonyl (C=O) groups excluding carboxylic acids is 2. The fourth-order valence-electron chi connectivity index (χ4n) is 3.62. The second kappa shape index (κ2) is 8.03. The van der Waals surface area contributed by atoms with Crippen molar-refractivity contribution in [2.75, 3.05) is 13.1 Å². The summed E-state index contributed by atoms with van der Waals surface area (Å²) in [6, 6.07) is 10.5. The molecule has 2 aliphatic rings. The average molecular weight is 342 g/mol. The third-order valence-corrected chi connectivity index (χ3v) is 5.68. The molecular weight excluding hydrogens is 312 g/mol. The van der Waals surface area contributed by atoms with Crippen molar-refractivity contribution in [3.63, 3.8) is 0 Å². The summed E-state index contributed by atoms with van der Waals surface area (Å²) < 4.78 is 0. The van der Waals surface area contributed by atoms with Gasteiger partial charge in [0.25, 0.3) is 0 Å². The first-order chi connectivity index (χ1) is 12.1. The SMILES string of the molecule is CC[C@H](C)N(Cc1ccccc1)C(=O)C1CCN(C(=O)C2CC2)CC1. The van der Waals surface area contributed by atoms with Crippen LogP contribution in [0.25, 0.3) is 0 Å². The molecule has 4 nitrogen and oxygen atoms in total. The van der Waals surface area contributed by atoms with Gasteiger partial charge in [-0.3, -0.25) is 9.59 Å². The summed E-state index contributed by atoms with van der Waals surface area (Å²) in [5, 5.41) is 0. The van der Waals surface area contributed by atoms with Crippen molar-refractivity contribution >= 4 is 11.8 Å². The highest BCUT2D eigenvalue weighted by Crippen LogP contribution is 2.33. The van der Waals surface area contributed by atoms with E-state index in [4.69, 9.17) is 0 Å². The summed E-state index contributed by atoms with van der Waals surface area (Å²) in [5.74, 6) is 0.911. The number of benzene rings is 1. The van der Waals surface area contributed by atoms with Gasteiger partial charge in [-0.2, -0.15) is 0 Å². The lowest BCUT2D eigenvalue weighted by molar-refractivity contribution is -0.143. The third-order valence-electron chi connectivity index (χ3n) is 5.68. The van der Waals surface area contributed by atoms with E-state index in [1.807, 2.05) is 28.0 Å². The Morgan fingerprint density at radius 3 is 2.28 bits per heavy atom. The van der Waals surface area contributed by atoms with Crippen LogP contribution in [0.3, 0.4) is 0 Å². The molecule has 0 aromatic heterocycles. The summed E-state index contributed by atoms with van der Waals surface area (Å²) in [6.45, 7) is 6.42. The van der Waals surface area contributed by atoms with Gasteiger partial charge in [0.1, 0.15) is 0 Å². The van der Waals surface area contributed by atoms with Gasteiger partial charge in [-0.1, -0.05) is 37.3 Å². The molecule has 1 aromatic rings. The number of nitrogens with zero attached hydrogens (tertiary/aromatic N) is 2. The molecule has 0 N–H and O–H groups in total. The fraction of sp³-hybridized carbons (Fsp3) is 0.619. The monoisotopic (exact) mass is 342 g/mol. The maximum Gasteiger partial charge on any atom is 0.226 e. The number of rotatable bonds is 6. The molecule has 1 atom stereocenters. The Morgan fingerprint density at radius 1 is 1.08 bits per heavy atom. The predicted molar refractivity (Wildman–Crippen MR) is 98.8 cm³/mol. The van der Waals surface area contributed by atoms with E-state index >= 15 is 0 Å². The molecule has 4 heteroatoms. The first kappa shape index (κ1) is 18.0. The Bertz CT molecular complexity index is 589. The summed E-state index contributed by atoms with van der Waals surface area (Å²) in [6.07, 6.45) is 4.67. The molecule has 0 unspecified atom stereocenters. The lowest BCUT2D eigenvalue weighted by atomic mass is 9.94. The Labute approximate surface area is 151 Å². The zero-order chi connectivity index (χ0) is 17.8. The number of hydrogen-bond donors (Lipinski definition) is 0. The van der Waals surface area contributed by atoms with E-state index in [0.29, 0.717) is 12.5 Å². The highest BCUT2D eigenvalue weighted by Gasteiger charge is 2.37. The van der Waals surface area contributed by atoms with Crippen LogP contribution in [0, 0.1) is 11.8 Å². The van der Waals surface area contributed by atoms with Crippen molar-refractivity contribution in [3.05, 3.63) is 35.9 Å². The zero-order valence-corrected chi connectivity index (χ0v) is 15.5. The van der Waals surface area contributed by atoms with Crippen LogP contribution in [0.15, 0.2) is 30.3 Å². The fourth-order valence-corrected chi connectivity index (χ4v) is 3.62. The molecule has 136 valence electrons. The average Bonchev–Trinajstić information content (AvgIpc) is 3.50. The third kappa shape index (κ3) is 4.42. The van der Waals surface area contributed by atoms with Gasteiger partial charge in [0.2, 0.25) is 11.8 Å². The van der Waals surface area contributed by atoms with Crippen LogP contribution in [0.1, 0.15) is 51.5 Å². The molecule has 1 aliphatic carbocycles. The molecular formula is C21H30N2O2. The van der Waals surface area contributed by atoms with Crippen LogP contribution < -0.4 is 0 Å².